The van der Waals surface area contributed by atoms with Gasteiger partial charge in [-0.25, -0.2) is 4.68 Å². The molecule has 1 unspecified atom stereocenters. The van der Waals surface area contributed by atoms with E-state index >= 15 is 0 Å². The Morgan fingerprint density at radius 2 is 2.54 bits per heavy atom. The molecule has 0 saturated carbocycles. The molecule has 3 N–H and O–H groups in total. The average Bonchev–Trinajstić information content (AvgIpc) is 2.64. The third kappa shape index (κ3) is 1.58. The van der Waals surface area contributed by atoms with Gasteiger partial charge in [0.25, 0.3) is 0 Å². The molecule has 1 amide bonds. The molecule has 7 heteroatoms. The molecule has 1 fully saturated rings. The summed E-state index contributed by atoms with van der Waals surface area (Å²) in [7, 11) is 0. The fourth-order valence-corrected chi connectivity index (χ4v) is 1.36. The first kappa shape index (κ1) is 7.96. The van der Waals surface area contributed by atoms with Crippen LogP contribution in [0, 0.1) is 0 Å². The minimum Gasteiger partial charge on any atom is -0.367 e. The average molecular weight is 182 g/mol. The highest BCUT2D eigenvalue weighted by Crippen LogP contribution is 2.08. The SMILES string of the molecule is Nc1nnnn1CC1CCC(=O)N1. The largest absolute Gasteiger partial charge is 0.367 e. The van der Waals surface area contributed by atoms with E-state index in [9.17, 15) is 4.79 Å². The van der Waals surface area contributed by atoms with Crippen molar-refractivity contribution in [2.45, 2.75) is 25.4 Å². The monoisotopic (exact) mass is 182 g/mol. The van der Waals surface area contributed by atoms with Crippen LogP contribution in [0.4, 0.5) is 5.95 Å². The summed E-state index contributed by atoms with van der Waals surface area (Å²) in [5.74, 6) is 0.359. The van der Waals surface area contributed by atoms with Gasteiger partial charge in [-0.3, -0.25) is 4.79 Å². The van der Waals surface area contributed by atoms with Crippen LogP contribution in [0.15, 0.2) is 0 Å². The van der Waals surface area contributed by atoms with E-state index in [0.717, 1.165) is 6.42 Å². The second-order valence-electron chi connectivity index (χ2n) is 3.02. The van der Waals surface area contributed by atoms with E-state index in [2.05, 4.69) is 20.8 Å². The molecular weight excluding hydrogens is 172 g/mol. The van der Waals surface area contributed by atoms with Crippen LogP contribution in [0.2, 0.25) is 0 Å². The number of hydrogen-bond donors (Lipinski definition) is 2. The number of nitrogens with one attached hydrogen (secondary N) is 1. The number of amides is 1. The number of rotatable bonds is 2. The molecule has 13 heavy (non-hydrogen) atoms. The van der Waals surface area contributed by atoms with E-state index in [1.165, 1.54) is 4.68 Å². The molecule has 2 heterocycles. The van der Waals surface area contributed by atoms with Gasteiger partial charge in [0.1, 0.15) is 0 Å². The number of hydrogen-bond acceptors (Lipinski definition) is 5. The highest BCUT2D eigenvalue weighted by Gasteiger charge is 2.21. The summed E-state index contributed by atoms with van der Waals surface area (Å²) in [6, 6.07) is 0.110. The van der Waals surface area contributed by atoms with Crippen LogP contribution in [0.25, 0.3) is 0 Å². The van der Waals surface area contributed by atoms with Crippen molar-refractivity contribution >= 4 is 11.9 Å². The number of tetrazole rings is 1. The van der Waals surface area contributed by atoms with Crippen LogP contribution in [-0.2, 0) is 11.3 Å². The van der Waals surface area contributed by atoms with Gasteiger partial charge in [-0.15, -0.1) is 0 Å². The highest BCUT2D eigenvalue weighted by atomic mass is 16.1. The molecule has 0 bridgehead atoms. The third-order valence-electron chi connectivity index (χ3n) is 2.04. The summed E-state index contributed by atoms with van der Waals surface area (Å²) in [6.45, 7) is 0.546. The quantitative estimate of drug-likeness (QED) is 0.582. The zero-order valence-corrected chi connectivity index (χ0v) is 6.97. The zero-order chi connectivity index (χ0) is 9.26. The van der Waals surface area contributed by atoms with Crippen molar-refractivity contribution in [1.82, 2.24) is 25.5 Å². The lowest BCUT2D eigenvalue weighted by molar-refractivity contribution is -0.119. The van der Waals surface area contributed by atoms with Gasteiger partial charge in [0.05, 0.1) is 6.54 Å². The molecule has 1 aliphatic rings. The second kappa shape index (κ2) is 3.00. The summed E-state index contributed by atoms with van der Waals surface area (Å²) in [5.41, 5.74) is 5.47. The topological polar surface area (TPSA) is 98.7 Å². The molecule has 2 rings (SSSR count). The van der Waals surface area contributed by atoms with E-state index in [1.807, 2.05) is 0 Å². The van der Waals surface area contributed by atoms with Crippen LogP contribution in [0.5, 0.6) is 0 Å². The molecule has 7 nitrogen and oxygen atoms in total. The molecule has 70 valence electrons. The summed E-state index contributed by atoms with van der Waals surface area (Å²) in [6.07, 6.45) is 1.39. The van der Waals surface area contributed by atoms with Crippen LogP contribution in [0.3, 0.4) is 0 Å². The maximum Gasteiger partial charge on any atom is 0.240 e. The van der Waals surface area contributed by atoms with Crippen LogP contribution >= 0.6 is 0 Å². The predicted octanol–water partition coefficient (Wildman–Crippen LogP) is -1.47. The Bertz CT molecular complexity index is 321. The van der Waals surface area contributed by atoms with Gasteiger partial charge in [-0.2, -0.15) is 0 Å². The van der Waals surface area contributed by atoms with Crippen molar-refractivity contribution < 1.29 is 4.79 Å². The standard InChI is InChI=1S/C6H10N6O/c7-6-9-10-11-12(6)3-4-1-2-5(13)8-4/h4H,1-3H2,(H,8,13)(H2,7,9,11). The van der Waals surface area contributed by atoms with Crippen molar-refractivity contribution in [2.75, 3.05) is 5.73 Å². The normalized spacial score (nSPS) is 21.8. The minimum absolute atomic E-state index is 0.0802. The van der Waals surface area contributed by atoms with Crippen LogP contribution < -0.4 is 11.1 Å². The van der Waals surface area contributed by atoms with Gasteiger partial charge in [0.15, 0.2) is 0 Å². The van der Waals surface area contributed by atoms with E-state index < -0.39 is 0 Å². The van der Waals surface area contributed by atoms with Gasteiger partial charge in [-0.1, -0.05) is 5.10 Å². The Balaban J connectivity index is 1.99. The Morgan fingerprint density at radius 1 is 1.69 bits per heavy atom. The lowest BCUT2D eigenvalue weighted by Crippen LogP contribution is -2.30. The molecule has 1 aliphatic heterocycles. The lowest BCUT2D eigenvalue weighted by atomic mass is 10.2. The first-order chi connectivity index (χ1) is 6.25. The fraction of sp³-hybridized carbons (Fsp3) is 0.667. The predicted molar refractivity (Wildman–Crippen MR) is 43.4 cm³/mol. The lowest BCUT2D eigenvalue weighted by Gasteiger charge is -2.08. The van der Waals surface area contributed by atoms with Crippen molar-refractivity contribution in [3.05, 3.63) is 0 Å². The van der Waals surface area contributed by atoms with Gasteiger partial charge in [0.2, 0.25) is 11.9 Å². The second-order valence-corrected chi connectivity index (χ2v) is 3.02. The molecule has 1 aromatic rings. The van der Waals surface area contributed by atoms with Crippen LogP contribution in [0.1, 0.15) is 12.8 Å². The summed E-state index contributed by atoms with van der Waals surface area (Å²) in [4.78, 5) is 10.9. The van der Waals surface area contributed by atoms with Crippen molar-refractivity contribution in [3.63, 3.8) is 0 Å². The fourth-order valence-electron chi connectivity index (χ4n) is 1.36. The van der Waals surface area contributed by atoms with Gasteiger partial charge >= 0.3 is 0 Å². The molecular formula is C6H10N6O. The molecule has 0 aromatic carbocycles. The Labute approximate surface area is 74.3 Å². The van der Waals surface area contributed by atoms with E-state index in [4.69, 9.17) is 5.73 Å². The van der Waals surface area contributed by atoms with Gasteiger partial charge < -0.3 is 11.1 Å². The first-order valence-corrected chi connectivity index (χ1v) is 4.06. The number of nitrogens with zero attached hydrogens (tertiary/aromatic N) is 4. The Hall–Kier alpha value is -1.66. The maximum atomic E-state index is 10.9. The summed E-state index contributed by atoms with van der Waals surface area (Å²) in [5, 5.41) is 13.4. The molecule has 1 aromatic heterocycles. The number of carbonyl (C=O) groups excluding carboxylic acids is 1. The molecule has 0 spiro atoms. The van der Waals surface area contributed by atoms with Crippen LogP contribution in [-0.4, -0.2) is 32.2 Å². The Kier molecular flexibility index (Phi) is 1.84. The van der Waals surface area contributed by atoms with Gasteiger partial charge in [-0.05, 0) is 16.8 Å². The number of anilines is 1. The number of nitrogen functional groups attached to an aromatic ring is 1. The highest BCUT2D eigenvalue weighted by molar-refractivity contribution is 5.78. The number of nitrogens with two attached hydrogens (primary N) is 1. The number of carbonyl (C=O) groups is 1. The first-order valence-electron chi connectivity index (χ1n) is 4.06. The summed E-state index contributed by atoms with van der Waals surface area (Å²) >= 11 is 0. The van der Waals surface area contributed by atoms with Gasteiger partial charge in [0, 0.05) is 12.5 Å². The van der Waals surface area contributed by atoms with E-state index in [-0.39, 0.29) is 17.9 Å². The van der Waals surface area contributed by atoms with Crippen molar-refractivity contribution in [3.8, 4) is 0 Å². The zero-order valence-electron chi connectivity index (χ0n) is 6.97. The maximum absolute atomic E-state index is 10.9. The smallest absolute Gasteiger partial charge is 0.240 e. The molecule has 0 radical (unpaired) electrons. The van der Waals surface area contributed by atoms with E-state index in [0.29, 0.717) is 13.0 Å². The third-order valence-corrected chi connectivity index (χ3v) is 2.04. The van der Waals surface area contributed by atoms with Crippen molar-refractivity contribution in [1.29, 1.82) is 0 Å². The van der Waals surface area contributed by atoms with Crippen molar-refractivity contribution in [2.24, 2.45) is 0 Å². The van der Waals surface area contributed by atoms with E-state index in [1.54, 1.807) is 0 Å². The summed E-state index contributed by atoms with van der Waals surface area (Å²) < 4.78 is 1.48. The minimum atomic E-state index is 0.0802. The molecule has 0 aliphatic carbocycles. The number of aromatic nitrogens is 4. The Morgan fingerprint density at radius 3 is 3.08 bits per heavy atom. The molecule has 1 atom stereocenters. The molecule has 1 saturated heterocycles.